The van der Waals surface area contributed by atoms with Crippen molar-refractivity contribution in [3.63, 3.8) is 0 Å². The van der Waals surface area contributed by atoms with Crippen LogP contribution < -0.4 is 0 Å². The second-order valence-corrected chi connectivity index (χ2v) is 4.06. The number of rotatable bonds is 5. The molecule has 0 N–H and O–H groups in total. The molecular formula is C15H20N2. The first-order valence-electron chi connectivity index (χ1n) is 6.03. The van der Waals surface area contributed by atoms with Crippen LogP contribution in [0.5, 0.6) is 0 Å². The highest BCUT2D eigenvalue weighted by Gasteiger charge is 1.85. The summed E-state index contributed by atoms with van der Waals surface area (Å²) in [5.74, 6) is 6.36. The predicted octanol–water partition coefficient (Wildman–Crippen LogP) is 3.15. The molecule has 0 aliphatic rings. The Morgan fingerprint density at radius 2 is 1.94 bits per heavy atom. The molecule has 0 bridgehead atoms. The van der Waals surface area contributed by atoms with E-state index in [2.05, 4.69) is 16.9 Å². The summed E-state index contributed by atoms with van der Waals surface area (Å²) in [5, 5.41) is 5.98. The van der Waals surface area contributed by atoms with Crippen molar-refractivity contribution in [1.29, 1.82) is 0 Å². The van der Waals surface area contributed by atoms with E-state index in [1.165, 1.54) is 0 Å². The highest BCUT2D eigenvalue weighted by Crippen LogP contribution is 1.99. The minimum absolute atomic E-state index is 0.963. The largest absolute Gasteiger partial charge is 0.303 e. The third kappa shape index (κ3) is 7.19. The lowest BCUT2D eigenvalue weighted by Crippen LogP contribution is -2.01. The number of hydrazone groups is 1. The van der Waals surface area contributed by atoms with Gasteiger partial charge in [-0.1, -0.05) is 30.0 Å². The van der Waals surface area contributed by atoms with E-state index in [0.29, 0.717) is 0 Å². The fourth-order valence-electron chi connectivity index (χ4n) is 1.36. The fraction of sp³-hybridized carbons (Fsp3) is 0.400. The molecule has 2 nitrogen and oxygen atoms in total. The Bertz CT molecular complexity index is 382. The molecule has 90 valence electrons. The van der Waals surface area contributed by atoms with Gasteiger partial charge < -0.3 is 5.01 Å². The smallest absolute Gasteiger partial charge is 0.0245 e. The molecule has 0 aliphatic heterocycles. The lowest BCUT2D eigenvalue weighted by Gasteiger charge is -2.01. The Morgan fingerprint density at radius 1 is 1.18 bits per heavy atom. The molecule has 0 saturated carbocycles. The molecule has 17 heavy (non-hydrogen) atoms. The van der Waals surface area contributed by atoms with Gasteiger partial charge in [-0.25, -0.2) is 0 Å². The number of nitrogens with zero attached hydrogens (tertiary/aromatic N) is 2. The van der Waals surface area contributed by atoms with Crippen molar-refractivity contribution >= 4 is 6.21 Å². The molecule has 1 aromatic carbocycles. The predicted molar refractivity (Wildman–Crippen MR) is 74.0 cm³/mol. The number of hydrogen-bond donors (Lipinski definition) is 0. The molecule has 0 spiro atoms. The molecular weight excluding hydrogens is 208 g/mol. The highest BCUT2D eigenvalue weighted by atomic mass is 15.4. The maximum Gasteiger partial charge on any atom is 0.0245 e. The van der Waals surface area contributed by atoms with Gasteiger partial charge in [0.05, 0.1) is 0 Å². The van der Waals surface area contributed by atoms with Gasteiger partial charge in [0, 0.05) is 32.3 Å². The van der Waals surface area contributed by atoms with Gasteiger partial charge >= 0.3 is 0 Å². The van der Waals surface area contributed by atoms with Crippen molar-refractivity contribution in [1.82, 2.24) is 5.01 Å². The standard InChI is InChI=1S/C15H20N2/c1-17(2)16-14-10-5-3-4-7-11-15-12-8-6-9-13-15/h6,8-9,12-14H,3-5,10H2,1-2H3/b16-14-. The van der Waals surface area contributed by atoms with Crippen molar-refractivity contribution in [2.45, 2.75) is 25.7 Å². The first kappa shape index (κ1) is 13.3. The van der Waals surface area contributed by atoms with Gasteiger partial charge in [0.2, 0.25) is 0 Å². The number of benzene rings is 1. The van der Waals surface area contributed by atoms with Gasteiger partial charge in [-0.05, 0) is 31.4 Å². The van der Waals surface area contributed by atoms with Gasteiger partial charge in [-0.3, -0.25) is 0 Å². The molecule has 0 saturated heterocycles. The van der Waals surface area contributed by atoms with Crippen LogP contribution in [0, 0.1) is 11.8 Å². The third-order valence-electron chi connectivity index (χ3n) is 2.20. The molecule has 0 aromatic heterocycles. The average molecular weight is 228 g/mol. The molecule has 0 amide bonds. The second kappa shape index (κ2) is 8.41. The van der Waals surface area contributed by atoms with Crippen molar-refractivity contribution in [2.24, 2.45) is 5.10 Å². The van der Waals surface area contributed by atoms with E-state index >= 15 is 0 Å². The quantitative estimate of drug-likeness (QED) is 0.327. The zero-order chi connectivity index (χ0) is 12.3. The van der Waals surface area contributed by atoms with E-state index in [4.69, 9.17) is 0 Å². The normalized spacial score (nSPS) is 10.0. The van der Waals surface area contributed by atoms with E-state index in [0.717, 1.165) is 31.2 Å². The molecule has 1 rings (SSSR count). The number of hydrogen-bond acceptors (Lipinski definition) is 2. The van der Waals surface area contributed by atoms with Gasteiger partial charge in [0.15, 0.2) is 0 Å². The molecule has 0 unspecified atom stereocenters. The van der Waals surface area contributed by atoms with Gasteiger partial charge in [-0.2, -0.15) is 5.10 Å². The van der Waals surface area contributed by atoms with Crippen molar-refractivity contribution < 1.29 is 0 Å². The van der Waals surface area contributed by atoms with Crippen LogP contribution in [0.25, 0.3) is 0 Å². The van der Waals surface area contributed by atoms with E-state index in [1.54, 1.807) is 0 Å². The first-order chi connectivity index (χ1) is 8.29. The van der Waals surface area contributed by atoms with Crippen LogP contribution in [-0.4, -0.2) is 25.3 Å². The van der Waals surface area contributed by atoms with Gasteiger partial charge in [0.1, 0.15) is 0 Å². The summed E-state index contributed by atoms with van der Waals surface area (Å²) in [7, 11) is 3.86. The molecule has 0 radical (unpaired) electrons. The summed E-state index contributed by atoms with van der Waals surface area (Å²) >= 11 is 0. The monoisotopic (exact) mass is 228 g/mol. The van der Waals surface area contributed by atoms with Crippen LogP contribution in [0.1, 0.15) is 31.2 Å². The molecule has 0 aliphatic carbocycles. The van der Waals surface area contributed by atoms with Crippen molar-refractivity contribution in [3.8, 4) is 11.8 Å². The lowest BCUT2D eigenvalue weighted by molar-refractivity contribution is 0.438. The van der Waals surface area contributed by atoms with Crippen molar-refractivity contribution in [2.75, 3.05) is 14.1 Å². The summed E-state index contributed by atoms with van der Waals surface area (Å²) < 4.78 is 0. The second-order valence-electron chi connectivity index (χ2n) is 4.06. The topological polar surface area (TPSA) is 15.6 Å². The molecule has 0 fully saturated rings. The Hall–Kier alpha value is -1.75. The van der Waals surface area contributed by atoms with Crippen LogP contribution in [0.15, 0.2) is 35.4 Å². The fourth-order valence-corrected chi connectivity index (χ4v) is 1.36. The summed E-state index contributed by atoms with van der Waals surface area (Å²) in [5.41, 5.74) is 1.10. The SMILES string of the molecule is CN(C)/N=C\CCCCC#Cc1ccccc1. The minimum Gasteiger partial charge on any atom is -0.303 e. The maximum atomic E-state index is 4.16. The summed E-state index contributed by atoms with van der Waals surface area (Å²) in [6.07, 6.45) is 6.25. The third-order valence-corrected chi connectivity index (χ3v) is 2.20. The zero-order valence-electron chi connectivity index (χ0n) is 10.7. The zero-order valence-corrected chi connectivity index (χ0v) is 10.7. The van der Waals surface area contributed by atoms with E-state index in [9.17, 15) is 0 Å². The van der Waals surface area contributed by atoms with Crippen LogP contribution in [-0.2, 0) is 0 Å². The Labute approximate surface area is 104 Å². The summed E-state index contributed by atoms with van der Waals surface area (Å²) in [6, 6.07) is 10.1. The minimum atomic E-state index is 0.963. The van der Waals surface area contributed by atoms with Crippen LogP contribution in [0.4, 0.5) is 0 Å². The Kier molecular flexibility index (Phi) is 6.59. The number of unbranched alkanes of at least 4 members (excludes halogenated alkanes) is 3. The Morgan fingerprint density at radius 3 is 2.65 bits per heavy atom. The molecule has 0 heterocycles. The van der Waals surface area contributed by atoms with E-state index in [-0.39, 0.29) is 0 Å². The van der Waals surface area contributed by atoms with Crippen LogP contribution in [0.2, 0.25) is 0 Å². The van der Waals surface area contributed by atoms with Crippen LogP contribution >= 0.6 is 0 Å². The molecule has 0 atom stereocenters. The van der Waals surface area contributed by atoms with Gasteiger partial charge in [-0.15, -0.1) is 0 Å². The molecule has 2 heteroatoms. The average Bonchev–Trinajstić information content (AvgIpc) is 2.33. The molecule has 1 aromatic rings. The summed E-state index contributed by atoms with van der Waals surface area (Å²) in [4.78, 5) is 0. The van der Waals surface area contributed by atoms with Crippen molar-refractivity contribution in [3.05, 3.63) is 35.9 Å². The van der Waals surface area contributed by atoms with Crippen LogP contribution in [0.3, 0.4) is 0 Å². The van der Waals surface area contributed by atoms with E-state index in [1.807, 2.05) is 55.7 Å². The maximum absolute atomic E-state index is 4.16. The lowest BCUT2D eigenvalue weighted by atomic mass is 10.2. The van der Waals surface area contributed by atoms with E-state index < -0.39 is 0 Å². The van der Waals surface area contributed by atoms with Gasteiger partial charge in [0.25, 0.3) is 0 Å². The Balaban J connectivity index is 2.11. The highest BCUT2D eigenvalue weighted by molar-refractivity contribution is 5.56. The first-order valence-corrected chi connectivity index (χ1v) is 6.03. The summed E-state index contributed by atoms with van der Waals surface area (Å²) in [6.45, 7) is 0.